The average molecular weight is 186 g/mol. The second kappa shape index (κ2) is 3.43. The standard InChI is InChI=1S/C11H10N2O/c1-12-7-9-5-8-3-4-10(14-2)6-11(8)13-9/h3-6,13H,7H2,2H3. The summed E-state index contributed by atoms with van der Waals surface area (Å²) in [4.78, 5) is 6.51. The Hall–Kier alpha value is -1.95. The van der Waals surface area contributed by atoms with E-state index in [2.05, 4.69) is 9.83 Å². The molecular formula is C11H10N2O. The molecule has 1 aromatic heterocycles. The van der Waals surface area contributed by atoms with Crippen LogP contribution in [0.2, 0.25) is 0 Å². The zero-order valence-electron chi connectivity index (χ0n) is 7.87. The van der Waals surface area contributed by atoms with E-state index >= 15 is 0 Å². The third-order valence-electron chi connectivity index (χ3n) is 2.13. The molecule has 0 saturated carbocycles. The molecule has 70 valence electrons. The average Bonchev–Trinajstić information content (AvgIpc) is 2.59. The summed E-state index contributed by atoms with van der Waals surface area (Å²) in [7, 11) is 1.64. The van der Waals surface area contributed by atoms with Crippen molar-refractivity contribution in [3.8, 4) is 5.75 Å². The maximum atomic E-state index is 6.77. The fraction of sp³-hybridized carbons (Fsp3) is 0.182. The number of rotatable bonds is 2. The molecule has 3 nitrogen and oxygen atoms in total. The van der Waals surface area contributed by atoms with Crippen LogP contribution < -0.4 is 4.74 Å². The monoisotopic (exact) mass is 186 g/mol. The predicted molar refractivity (Wildman–Crippen MR) is 55.2 cm³/mol. The van der Waals surface area contributed by atoms with E-state index in [0.717, 1.165) is 22.3 Å². The minimum atomic E-state index is 0.400. The fourth-order valence-corrected chi connectivity index (χ4v) is 1.46. The van der Waals surface area contributed by atoms with Gasteiger partial charge in [0.25, 0.3) is 6.54 Å². The van der Waals surface area contributed by atoms with Crippen LogP contribution in [0.5, 0.6) is 5.75 Å². The number of nitrogens with one attached hydrogen (secondary N) is 1. The SMILES string of the molecule is [C-]#[N+]Cc1cc2ccc(OC)cc2[nH]1. The highest BCUT2D eigenvalue weighted by Gasteiger charge is 2.02. The van der Waals surface area contributed by atoms with E-state index in [-0.39, 0.29) is 0 Å². The summed E-state index contributed by atoms with van der Waals surface area (Å²) in [6, 6.07) is 7.82. The summed E-state index contributed by atoms with van der Waals surface area (Å²) in [5, 5.41) is 1.12. The van der Waals surface area contributed by atoms with Crippen molar-refractivity contribution in [1.82, 2.24) is 4.98 Å². The van der Waals surface area contributed by atoms with E-state index < -0.39 is 0 Å². The molecule has 0 radical (unpaired) electrons. The van der Waals surface area contributed by atoms with Crippen LogP contribution in [0.1, 0.15) is 5.69 Å². The van der Waals surface area contributed by atoms with Crippen LogP contribution in [0.3, 0.4) is 0 Å². The lowest BCUT2D eigenvalue weighted by Gasteiger charge is -1.97. The van der Waals surface area contributed by atoms with Crippen LogP contribution in [-0.4, -0.2) is 12.1 Å². The molecule has 0 saturated heterocycles. The number of ether oxygens (including phenoxy) is 1. The minimum absolute atomic E-state index is 0.400. The smallest absolute Gasteiger partial charge is 0.254 e. The maximum Gasteiger partial charge on any atom is 0.254 e. The van der Waals surface area contributed by atoms with Gasteiger partial charge in [0.1, 0.15) is 5.75 Å². The number of aromatic nitrogens is 1. The normalized spacial score (nSPS) is 10.0. The molecule has 0 unspecified atom stereocenters. The van der Waals surface area contributed by atoms with Gasteiger partial charge >= 0.3 is 0 Å². The summed E-state index contributed by atoms with van der Waals surface area (Å²) in [5.41, 5.74) is 1.96. The van der Waals surface area contributed by atoms with Gasteiger partial charge in [0.2, 0.25) is 0 Å². The molecule has 0 aliphatic carbocycles. The molecule has 14 heavy (non-hydrogen) atoms. The van der Waals surface area contributed by atoms with Crippen LogP contribution in [0.4, 0.5) is 0 Å². The quantitative estimate of drug-likeness (QED) is 0.718. The summed E-state index contributed by atoms with van der Waals surface area (Å²) in [6.07, 6.45) is 0. The summed E-state index contributed by atoms with van der Waals surface area (Å²) in [5.74, 6) is 0.828. The Morgan fingerprint density at radius 2 is 2.29 bits per heavy atom. The molecule has 3 heteroatoms. The van der Waals surface area contributed by atoms with Gasteiger partial charge < -0.3 is 14.6 Å². The number of methoxy groups -OCH3 is 1. The molecular weight excluding hydrogens is 176 g/mol. The summed E-state index contributed by atoms with van der Waals surface area (Å²) in [6.45, 7) is 7.17. The van der Waals surface area contributed by atoms with Crippen molar-refractivity contribution in [2.24, 2.45) is 0 Å². The van der Waals surface area contributed by atoms with Gasteiger partial charge in [0, 0.05) is 17.0 Å². The molecule has 0 spiro atoms. The van der Waals surface area contributed by atoms with E-state index in [1.807, 2.05) is 24.3 Å². The number of fused-ring (bicyclic) bond motifs is 1. The third kappa shape index (κ3) is 1.42. The Balaban J connectivity index is 2.50. The van der Waals surface area contributed by atoms with Crippen molar-refractivity contribution >= 4 is 10.9 Å². The zero-order valence-corrected chi connectivity index (χ0v) is 7.87. The van der Waals surface area contributed by atoms with Gasteiger partial charge in [-0.3, -0.25) is 0 Å². The maximum absolute atomic E-state index is 6.77. The van der Waals surface area contributed by atoms with Gasteiger partial charge in [-0.25, -0.2) is 6.57 Å². The number of benzene rings is 1. The molecule has 2 rings (SSSR count). The highest BCUT2D eigenvalue weighted by Crippen LogP contribution is 2.21. The van der Waals surface area contributed by atoms with Crippen molar-refractivity contribution in [1.29, 1.82) is 0 Å². The molecule has 0 aliphatic rings. The molecule has 1 heterocycles. The van der Waals surface area contributed by atoms with E-state index in [1.165, 1.54) is 0 Å². The van der Waals surface area contributed by atoms with Crippen LogP contribution in [0.15, 0.2) is 24.3 Å². The molecule has 0 bridgehead atoms. The second-order valence-corrected chi connectivity index (χ2v) is 3.06. The minimum Gasteiger partial charge on any atom is -0.497 e. The molecule has 2 aromatic rings. The van der Waals surface area contributed by atoms with Gasteiger partial charge in [0.15, 0.2) is 0 Å². The van der Waals surface area contributed by atoms with Crippen LogP contribution in [0.25, 0.3) is 15.7 Å². The lowest BCUT2D eigenvalue weighted by Crippen LogP contribution is -1.81. The van der Waals surface area contributed by atoms with Crippen LogP contribution in [0, 0.1) is 6.57 Å². The van der Waals surface area contributed by atoms with E-state index in [0.29, 0.717) is 6.54 Å². The van der Waals surface area contributed by atoms with Gasteiger partial charge in [-0.05, 0) is 18.2 Å². The predicted octanol–water partition coefficient (Wildman–Crippen LogP) is 2.60. The Kier molecular flexibility index (Phi) is 2.11. The Morgan fingerprint density at radius 3 is 3.00 bits per heavy atom. The van der Waals surface area contributed by atoms with Gasteiger partial charge in [-0.15, -0.1) is 0 Å². The van der Waals surface area contributed by atoms with Crippen molar-refractivity contribution in [3.05, 3.63) is 41.4 Å². The van der Waals surface area contributed by atoms with E-state index in [4.69, 9.17) is 11.3 Å². The van der Waals surface area contributed by atoms with Crippen LogP contribution >= 0.6 is 0 Å². The molecule has 1 aromatic carbocycles. The topological polar surface area (TPSA) is 29.4 Å². The third-order valence-corrected chi connectivity index (χ3v) is 2.13. The van der Waals surface area contributed by atoms with E-state index in [1.54, 1.807) is 7.11 Å². The Morgan fingerprint density at radius 1 is 1.43 bits per heavy atom. The van der Waals surface area contributed by atoms with E-state index in [9.17, 15) is 0 Å². The molecule has 0 aliphatic heterocycles. The highest BCUT2D eigenvalue weighted by atomic mass is 16.5. The summed E-state index contributed by atoms with van der Waals surface area (Å²) >= 11 is 0. The zero-order chi connectivity index (χ0) is 9.97. The number of nitrogens with zero attached hydrogens (tertiary/aromatic N) is 1. The number of H-pyrrole nitrogens is 1. The first kappa shape index (κ1) is 8.64. The molecule has 0 atom stereocenters. The first-order valence-corrected chi connectivity index (χ1v) is 4.32. The molecule has 0 fully saturated rings. The lowest BCUT2D eigenvalue weighted by molar-refractivity contribution is 0.415. The fourth-order valence-electron chi connectivity index (χ4n) is 1.46. The highest BCUT2D eigenvalue weighted by molar-refractivity contribution is 5.81. The largest absolute Gasteiger partial charge is 0.497 e. The van der Waals surface area contributed by atoms with Crippen molar-refractivity contribution in [2.45, 2.75) is 6.54 Å². The summed E-state index contributed by atoms with van der Waals surface area (Å²) < 4.78 is 5.11. The first-order chi connectivity index (χ1) is 6.83. The number of aromatic amines is 1. The van der Waals surface area contributed by atoms with Gasteiger partial charge in [0.05, 0.1) is 12.8 Å². The first-order valence-electron chi connectivity index (χ1n) is 4.32. The Bertz CT molecular complexity index is 493. The molecule has 1 N–H and O–H groups in total. The van der Waals surface area contributed by atoms with Gasteiger partial charge in [-0.1, -0.05) is 0 Å². The Labute approximate surface area is 82.1 Å². The number of hydrogen-bond donors (Lipinski definition) is 1. The number of hydrogen-bond acceptors (Lipinski definition) is 1. The van der Waals surface area contributed by atoms with Crippen molar-refractivity contribution in [3.63, 3.8) is 0 Å². The lowest BCUT2D eigenvalue weighted by atomic mass is 10.2. The molecule has 0 amide bonds. The van der Waals surface area contributed by atoms with Crippen LogP contribution in [-0.2, 0) is 6.54 Å². The van der Waals surface area contributed by atoms with Gasteiger partial charge in [-0.2, -0.15) is 0 Å². The second-order valence-electron chi connectivity index (χ2n) is 3.06. The van der Waals surface area contributed by atoms with Crippen molar-refractivity contribution in [2.75, 3.05) is 7.11 Å². The van der Waals surface area contributed by atoms with Crippen molar-refractivity contribution < 1.29 is 4.74 Å².